The molecule has 4 heterocycles. The number of pyridine rings is 1. The molecule has 0 bridgehead atoms. The number of fused-ring (bicyclic) bond motifs is 1. The van der Waals surface area contributed by atoms with E-state index in [9.17, 15) is 13.2 Å². The van der Waals surface area contributed by atoms with Crippen LogP contribution < -0.4 is 10.3 Å². The predicted molar refractivity (Wildman–Crippen MR) is 145 cm³/mol. The lowest BCUT2D eigenvalue weighted by Crippen LogP contribution is -2.48. The van der Waals surface area contributed by atoms with Crippen LogP contribution in [0.2, 0.25) is 0 Å². The number of sulfonamides is 1. The van der Waals surface area contributed by atoms with Crippen LogP contribution in [0.15, 0.2) is 22.0 Å². The number of H-pyrrole nitrogens is 1. The van der Waals surface area contributed by atoms with Gasteiger partial charge in [-0.05, 0) is 26.0 Å². The molecule has 0 spiro atoms. The summed E-state index contributed by atoms with van der Waals surface area (Å²) < 4.78 is 46.7. The third-order valence-electron chi connectivity index (χ3n) is 6.75. The normalized spacial score (nSPS) is 16.1. The predicted octanol–water partition coefficient (Wildman–Crippen LogP) is 1.13. The lowest BCUT2D eigenvalue weighted by molar-refractivity contribution is 0.0893. The van der Waals surface area contributed by atoms with E-state index in [1.54, 1.807) is 25.8 Å². The number of aromatic nitrogens is 5. The second kappa shape index (κ2) is 12.5. The highest BCUT2D eigenvalue weighted by atomic mass is 32.2. The topological polar surface area (TPSA) is 145 Å². The lowest BCUT2D eigenvalue weighted by atomic mass is 10.2. The van der Waals surface area contributed by atoms with Crippen LogP contribution in [0.4, 0.5) is 0 Å². The van der Waals surface area contributed by atoms with Crippen LogP contribution in [0, 0.1) is 0 Å². The number of hydrogen-bond acceptors (Lipinski definition) is 10. The Morgan fingerprint density at radius 1 is 1.10 bits per heavy atom. The van der Waals surface area contributed by atoms with Crippen molar-refractivity contribution in [3.05, 3.63) is 28.3 Å². The minimum absolute atomic E-state index is 0.00319. The van der Waals surface area contributed by atoms with Crippen molar-refractivity contribution in [2.24, 2.45) is 0 Å². The summed E-state index contributed by atoms with van der Waals surface area (Å²) in [6.07, 6.45) is 1.49. The Kier molecular flexibility index (Phi) is 9.33. The minimum Gasteiger partial charge on any atom is -0.472 e. The summed E-state index contributed by atoms with van der Waals surface area (Å²) >= 11 is 0. The fraction of sp³-hybridized carbons (Fsp3) is 0.600. The lowest BCUT2D eigenvalue weighted by Gasteiger charge is -2.33. The maximum Gasteiger partial charge on any atom is 0.279 e. The molecule has 214 valence electrons. The smallest absolute Gasteiger partial charge is 0.279 e. The molecule has 0 radical (unpaired) electrons. The highest BCUT2D eigenvalue weighted by Crippen LogP contribution is 2.31. The number of nitrogens with one attached hydrogen (secondary N) is 1. The van der Waals surface area contributed by atoms with Crippen LogP contribution in [-0.2, 0) is 32.5 Å². The van der Waals surface area contributed by atoms with Crippen molar-refractivity contribution < 1.29 is 22.6 Å². The van der Waals surface area contributed by atoms with Crippen LogP contribution in [-0.4, -0.2) is 109 Å². The van der Waals surface area contributed by atoms with Crippen molar-refractivity contribution in [3.8, 4) is 17.3 Å². The SMILES string of the molecule is CCc1c2nc(-c3cc(S(=O)(=O)N4CCN(CC)CC4)cnc3O[C@@H](C)COC)[nH]c(=O)c2nn1CCOC. The number of likely N-dealkylation sites (N-methyl/N-ethyl adjacent to an activating group) is 1. The van der Waals surface area contributed by atoms with Crippen molar-refractivity contribution in [1.29, 1.82) is 0 Å². The number of rotatable bonds is 12. The van der Waals surface area contributed by atoms with Crippen LogP contribution in [0.5, 0.6) is 5.88 Å². The fourth-order valence-corrected chi connectivity index (χ4v) is 6.03. The molecule has 0 unspecified atom stereocenters. The van der Waals surface area contributed by atoms with Gasteiger partial charge in [0, 0.05) is 40.4 Å². The van der Waals surface area contributed by atoms with Crippen LogP contribution in [0.25, 0.3) is 22.4 Å². The molecule has 1 aliphatic rings. The van der Waals surface area contributed by atoms with E-state index in [4.69, 9.17) is 19.2 Å². The summed E-state index contributed by atoms with van der Waals surface area (Å²) in [5.74, 6) is 0.287. The zero-order valence-corrected chi connectivity index (χ0v) is 24.0. The van der Waals surface area contributed by atoms with Gasteiger partial charge in [-0.15, -0.1) is 0 Å². The summed E-state index contributed by atoms with van der Waals surface area (Å²) in [5, 5.41) is 4.44. The summed E-state index contributed by atoms with van der Waals surface area (Å²) in [5.41, 5.74) is 1.23. The fourth-order valence-electron chi connectivity index (χ4n) is 4.64. The summed E-state index contributed by atoms with van der Waals surface area (Å²) in [6.45, 7) is 9.95. The zero-order chi connectivity index (χ0) is 28.2. The molecular formula is C25H37N7O6S. The Balaban J connectivity index is 1.82. The molecule has 0 aromatic carbocycles. The standard InChI is InChI=1S/C25H37N7O6S/c1-6-20-21-22(29-32(20)12-13-36-4)24(33)28-23(27-21)19-14-18(15-26-25(19)38-17(3)16-37-5)39(34,35)31-10-8-30(7-2)9-11-31/h14-15,17H,6-13,16H2,1-5H3,(H,27,28,33)/t17-/m0/s1. The first-order valence-electron chi connectivity index (χ1n) is 13.1. The number of aromatic amines is 1. The molecule has 1 N–H and O–H groups in total. The monoisotopic (exact) mass is 563 g/mol. The highest BCUT2D eigenvalue weighted by molar-refractivity contribution is 7.89. The molecular weight excluding hydrogens is 526 g/mol. The molecule has 1 saturated heterocycles. The largest absolute Gasteiger partial charge is 0.472 e. The number of hydrogen-bond donors (Lipinski definition) is 1. The Hall–Kier alpha value is -2.91. The van der Waals surface area contributed by atoms with Gasteiger partial charge >= 0.3 is 0 Å². The molecule has 1 aliphatic heterocycles. The Morgan fingerprint density at radius 2 is 1.85 bits per heavy atom. The third-order valence-corrected chi connectivity index (χ3v) is 8.62. The first-order chi connectivity index (χ1) is 18.7. The number of ether oxygens (including phenoxy) is 3. The Morgan fingerprint density at radius 3 is 2.49 bits per heavy atom. The second-order valence-corrected chi connectivity index (χ2v) is 11.3. The van der Waals surface area contributed by atoms with Gasteiger partial charge in [0.25, 0.3) is 5.56 Å². The number of nitrogens with zero attached hydrogens (tertiary/aromatic N) is 6. The summed E-state index contributed by atoms with van der Waals surface area (Å²) in [7, 11) is -0.680. The van der Waals surface area contributed by atoms with Gasteiger partial charge in [-0.2, -0.15) is 9.40 Å². The zero-order valence-electron chi connectivity index (χ0n) is 23.1. The third kappa shape index (κ3) is 6.14. The van der Waals surface area contributed by atoms with Crippen LogP contribution >= 0.6 is 0 Å². The molecule has 4 rings (SSSR count). The van der Waals surface area contributed by atoms with Gasteiger partial charge in [-0.1, -0.05) is 13.8 Å². The maximum absolute atomic E-state index is 13.6. The number of piperazine rings is 1. The minimum atomic E-state index is -3.84. The van der Waals surface area contributed by atoms with Gasteiger partial charge < -0.3 is 24.1 Å². The van der Waals surface area contributed by atoms with E-state index in [-0.39, 0.29) is 40.4 Å². The maximum atomic E-state index is 13.6. The van der Waals surface area contributed by atoms with Gasteiger partial charge in [0.2, 0.25) is 15.9 Å². The van der Waals surface area contributed by atoms with Gasteiger partial charge in [0.1, 0.15) is 22.3 Å². The molecule has 3 aromatic heterocycles. The molecule has 1 atom stereocenters. The quantitative estimate of drug-likeness (QED) is 0.340. The van der Waals surface area contributed by atoms with E-state index in [1.165, 1.54) is 16.6 Å². The Labute approximate surface area is 228 Å². The molecule has 0 saturated carbocycles. The Bertz CT molecular complexity index is 1450. The van der Waals surface area contributed by atoms with E-state index >= 15 is 0 Å². The highest BCUT2D eigenvalue weighted by Gasteiger charge is 2.30. The van der Waals surface area contributed by atoms with Crippen LogP contribution in [0.1, 0.15) is 26.5 Å². The number of aryl methyl sites for hydroxylation is 1. The van der Waals surface area contributed by atoms with Crippen molar-refractivity contribution in [2.45, 2.75) is 44.7 Å². The van der Waals surface area contributed by atoms with Gasteiger partial charge in [-0.25, -0.2) is 18.4 Å². The van der Waals surface area contributed by atoms with Crippen molar-refractivity contribution in [2.75, 3.05) is 60.2 Å². The van der Waals surface area contributed by atoms with E-state index in [1.807, 2.05) is 6.92 Å². The van der Waals surface area contributed by atoms with E-state index in [0.717, 1.165) is 12.2 Å². The van der Waals surface area contributed by atoms with Gasteiger partial charge in [0.05, 0.1) is 37.2 Å². The molecule has 0 amide bonds. The second-order valence-electron chi connectivity index (χ2n) is 9.37. The molecule has 13 nitrogen and oxygen atoms in total. The van der Waals surface area contributed by atoms with Crippen molar-refractivity contribution in [3.63, 3.8) is 0 Å². The first-order valence-corrected chi connectivity index (χ1v) is 14.5. The number of methoxy groups -OCH3 is 2. The van der Waals surface area contributed by atoms with Crippen LogP contribution in [0.3, 0.4) is 0 Å². The summed E-state index contributed by atoms with van der Waals surface area (Å²) in [4.78, 5) is 27.2. The van der Waals surface area contributed by atoms with Gasteiger partial charge in [-0.3, -0.25) is 9.48 Å². The van der Waals surface area contributed by atoms with Crippen molar-refractivity contribution >= 4 is 21.1 Å². The summed E-state index contributed by atoms with van der Waals surface area (Å²) in [6, 6.07) is 1.47. The average Bonchev–Trinajstić information content (AvgIpc) is 3.30. The van der Waals surface area contributed by atoms with E-state index in [0.29, 0.717) is 51.3 Å². The average molecular weight is 564 g/mol. The first kappa shape index (κ1) is 29.1. The van der Waals surface area contributed by atoms with Crippen molar-refractivity contribution in [1.82, 2.24) is 33.9 Å². The van der Waals surface area contributed by atoms with E-state index < -0.39 is 15.6 Å². The molecule has 3 aromatic rings. The molecule has 1 fully saturated rings. The molecule has 39 heavy (non-hydrogen) atoms. The van der Waals surface area contributed by atoms with E-state index in [2.05, 4.69) is 26.9 Å². The molecule has 0 aliphatic carbocycles. The van der Waals surface area contributed by atoms with Gasteiger partial charge in [0.15, 0.2) is 5.52 Å². The molecule has 14 heteroatoms.